The smallest absolute Gasteiger partial charge is 0.188 e. The highest BCUT2D eigenvalue weighted by atomic mass is 16.5. The molecule has 9 heteroatoms. The highest BCUT2D eigenvalue weighted by Gasteiger charge is 2.38. The maximum atomic E-state index is 7.46. The van der Waals surface area contributed by atoms with Crippen LogP contribution in [-0.2, 0) is 11.3 Å². The summed E-state index contributed by atoms with van der Waals surface area (Å²) in [5.41, 5.74) is 13.6. The van der Waals surface area contributed by atoms with Crippen LogP contribution in [-0.4, -0.2) is 83.7 Å². The van der Waals surface area contributed by atoms with E-state index >= 15 is 0 Å². The van der Waals surface area contributed by atoms with E-state index in [0.717, 1.165) is 84.8 Å². The number of nitrogens with zero attached hydrogens (tertiary/aromatic N) is 5. The Bertz CT molecular complexity index is 1450. The fraction of sp³-hybridized carbons (Fsp3) is 0.345. The zero-order valence-corrected chi connectivity index (χ0v) is 22.0. The molecule has 2 unspecified atom stereocenters. The van der Waals surface area contributed by atoms with Crippen LogP contribution in [0.1, 0.15) is 16.8 Å². The van der Waals surface area contributed by atoms with Crippen LogP contribution in [0.4, 0.5) is 0 Å². The van der Waals surface area contributed by atoms with Gasteiger partial charge in [-0.25, -0.2) is 4.99 Å². The summed E-state index contributed by atoms with van der Waals surface area (Å²) in [6, 6.07) is 17.2. The molecule has 5 N–H and O–H groups in total. The number of hydrogen-bond acceptors (Lipinski definition) is 5. The Hall–Kier alpha value is -3.63. The molecule has 196 valence electrons. The van der Waals surface area contributed by atoms with E-state index in [-0.39, 0.29) is 6.10 Å². The number of piperazine rings is 1. The van der Waals surface area contributed by atoms with Crippen LogP contribution in [0.5, 0.6) is 0 Å². The molecular weight excluding hydrogens is 476 g/mol. The number of ether oxygens (including phenoxy) is 1. The number of quaternary nitrogens is 1. The monoisotopic (exact) mass is 511 g/mol. The SMILES string of the molecule is Cc1c2ccc(C3=C(C(N)=NC=N)[NH2+]C(C4CN5CCN(C)CC5CO4)=C3)cc2nn1Cc1ccccc1. The lowest BCUT2D eigenvalue weighted by atomic mass is 10.0. The first-order chi connectivity index (χ1) is 18.5. The third-order valence-corrected chi connectivity index (χ3v) is 7.95. The van der Waals surface area contributed by atoms with Crippen molar-refractivity contribution in [3.05, 3.63) is 82.8 Å². The largest absolute Gasteiger partial charge is 0.379 e. The summed E-state index contributed by atoms with van der Waals surface area (Å²) in [5.74, 6) is 0.334. The fourth-order valence-corrected chi connectivity index (χ4v) is 5.79. The Balaban J connectivity index is 1.31. The highest BCUT2D eigenvalue weighted by molar-refractivity contribution is 6.07. The Labute approximate surface area is 222 Å². The van der Waals surface area contributed by atoms with E-state index in [9.17, 15) is 0 Å². The van der Waals surface area contributed by atoms with Crippen LogP contribution < -0.4 is 11.1 Å². The Kier molecular flexibility index (Phi) is 6.67. The van der Waals surface area contributed by atoms with Crippen molar-refractivity contribution in [1.82, 2.24) is 19.6 Å². The standard InChI is InChI=1S/C29H34N8O/c1-19-23-9-8-21(12-25(23)34-37(19)14-20-6-4-3-5-7-20)24-13-26(33-28(24)29(31)32-18-30)27-16-36-11-10-35(2)15-22(36)17-38-27/h3-9,12-13,18,22,27,33H,10-11,14-17H2,1-2H3,(H3,30,31,32)/p+1. The molecule has 0 spiro atoms. The van der Waals surface area contributed by atoms with Gasteiger partial charge in [-0.3, -0.25) is 20.3 Å². The van der Waals surface area contributed by atoms with Gasteiger partial charge in [-0.2, -0.15) is 5.10 Å². The molecule has 3 aromatic rings. The first kappa shape index (κ1) is 24.7. The van der Waals surface area contributed by atoms with Crippen LogP contribution in [0.25, 0.3) is 16.5 Å². The number of rotatable bonds is 6. The normalized spacial score (nSPS) is 23.1. The van der Waals surface area contributed by atoms with E-state index in [1.54, 1.807) is 0 Å². The lowest BCUT2D eigenvalue weighted by Gasteiger charge is -2.44. The molecule has 4 heterocycles. The number of allylic oxidation sites excluding steroid dienone is 2. The average Bonchev–Trinajstić information content (AvgIpc) is 3.51. The van der Waals surface area contributed by atoms with Gasteiger partial charge in [0.1, 0.15) is 18.1 Å². The molecule has 2 aromatic carbocycles. The number of likely N-dealkylation sites (N-methyl/N-ethyl adjacent to an activating group) is 1. The van der Waals surface area contributed by atoms with Crippen molar-refractivity contribution in [2.45, 2.75) is 25.6 Å². The minimum atomic E-state index is -0.0222. The second kappa shape index (κ2) is 10.3. The van der Waals surface area contributed by atoms with Gasteiger partial charge >= 0.3 is 0 Å². The molecule has 9 nitrogen and oxygen atoms in total. The van der Waals surface area contributed by atoms with Gasteiger partial charge in [-0.1, -0.05) is 42.5 Å². The summed E-state index contributed by atoms with van der Waals surface area (Å²) in [6.45, 7) is 7.61. The number of aromatic nitrogens is 2. The molecule has 2 atom stereocenters. The summed E-state index contributed by atoms with van der Waals surface area (Å²) in [4.78, 5) is 9.02. The van der Waals surface area contributed by atoms with Crippen LogP contribution in [0.3, 0.4) is 0 Å². The van der Waals surface area contributed by atoms with Crippen LogP contribution in [0.2, 0.25) is 0 Å². The van der Waals surface area contributed by atoms with E-state index in [1.165, 1.54) is 5.56 Å². The number of fused-ring (bicyclic) bond motifs is 2. The van der Waals surface area contributed by atoms with E-state index in [0.29, 0.717) is 11.9 Å². The molecule has 3 aliphatic rings. The predicted octanol–water partition coefficient (Wildman–Crippen LogP) is 1.54. The topological polar surface area (TPSA) is 112 Å². The van der Waals surface area contributed by atoms with Crippen molar-refractivity contribution in [1.29, 1.82) is 5.41 Å². The first-order valence-electron chi connectivity index (χ1n) is 13.2. The van der Waals surface area contributed by atoms with E-state index in [1.807, 2.05) is 6.07 Å². The molecule has 2 saturated heterocycles. The van der Waals surface area contributed by atoms with Crippen molar-refractivity contribution >= 4 is 28.7 Å². The highest BCUT2D eigenvalue weighted by Crippen LogP contribution is 2.29. The van der Waals surface area contributed by atoms with Crippen molar-refractivity contribution in [3.63, 3.8) is 0 Å². The third-order valence-electron chi connectivity index (χ3n) is 7.95. The summed E-state index contributed by atoms with van der Waals surface area (Å²) in [7, 11) is 2.17. The van der Waals surface area contributed by atoms with Gasteiger partial charge < -0.3 is 15.4 Å². The molecular formula is C29H35N8O+. The summed E-state index contributed by atoms with van der Waals surface area (Å²) in [6.07, 6.45) is 3.15. The molecule has 6 rings (SSSR count). The van der Waals surface area contributed by atoms with Crippen LogP contribution >= 0.6 is 0 Å². The van der Waals surface area contributed by atoms with Gasteiger partial charge in [0.05, 0.1) is 24.2 Å². The number of nitrogens with one attached hydrogen (secondary N) is 1. The summed E-state index contributed by atoms with van der Waals surface area (Å²) >= 11 is 0. The molecule has 38 heavy (non-hydrogen) atoms. The minimum absolute atomic E-state index is 0.0222. The number of nitrogens with two attached hydrogens (primary N) is 2. The second-order valence-electron chi connectivity index (χ2n) is 10.5. The molecule has 0 amide bonds. The van der Waals surface area contributed by atoms with Crippen molar-refractivity contribution in [3.8, 4) is 0 Å². The van der Waals surface area contributed by atoms with Gasteiger partial charge in [0.25, 0.3) is 0 Å². The Morgan fingerprint density at radius 2 is 2.05 bits per heavy atom. The number of aliphatic imine (C=N–C) groups is 1. The van der Waals surface area contributed by atoms with Gasteiger partial charge in [0.2, 0.25) is 0 Å². The Morgan fingerprint density at radius 3 is 2.87 bits per heavy atom. The average molecular weight is 512 g/mol. The molecule has 0 bridgehead atoms. The number of amidine groups is 1. The van der Waals surface area contributed by atoms with Crippen molar-refractivity contribution in [2.75, 3.05) is 39.8 Å². The van der Waals surface area contributed by atoms with Crippen molar-refractivity contribution in [2.24, 2.45) is 10.7 Å². The number of aryl methyl sites for hydroxylation is 1. The number of morpholine rings is 1. The first-order valence-corrected chi connectivity index (χ1v) is 13.2. The van der Waals surface area contributed by atoms with Gasteiger partial charge in [-0.05, 0) is 31.2 Å². The maximum Gasteiger partial charge on any atom is 0.188 e. The maximum absolute atomic E-state index is 7.46. The summed E-state index contributed by atoms with van der Waals surface area (Å²) in [5, 5.41) is 15.6. The third kappa shape index (κ3) is 4.69. The molecule has 0 radical (unpaired) electrons. The Morgan fingerprint density at radius 1 is 1.21 bits per heavy atom. The zero-order valence-electron chi connectivity index (χ0n) is 22.0. The molecule has 3 aliphatic heterocycles. The van der Waals surface area contributed by atoms with Gasteiger partial charge in [0.15, 0.2) is 11.5 Å². The molecule has 2 fully saturated rings. The lowest BCUT2D eigenvalue weighted by Crippen LogP contribution is -2.83. The van der Waals surface area contributed by atoms with Crippen LogP contribution in [0.15, 0.2) is 71.0 Å². The van der Waals surface area contributed by atoms with Crippen molar-refractivity contribution < 1.29 is 10.1 Å². The molecule has 1 aromatic heterocycles. The summed E-state index contributed by atoms with van der Waals surface area (Å²) < 4.78 is 8.43. The van der Waals surface area contributed by atoms with E-state index < -0.39 is 0 Å². The molecule has 0 aliphatic carbocycles. The minimum Gasteiger partial charge on any atom is -0.379 e. The lowest BCUT2D eigenvalue weighted by molar-refractivity contribution is -0.551. The van der Waals surface area contributed by atoms with Gasteiger partial charge in [0, 0.05) is 49.4 Å². The fourth-order valence-electron chi connectivity index (χ4n) is 5.79. The van der Waals surface area contributed by atoms with Crippen LogP contribution in [0, 0.1) is 12.3 Å². The number of hydrogen-bond donors (Lipinski definition) is 3. The predicted molar refractivity (Wildman–Crippen MR) is 150 cm³/mol. The quantitative estimate of drug-likeness (QED) is 0.343. The number of benzene rings is 2. The molecule has 0 saturated carbocycles. The van der Waals surface area contributed by atoms with E-state index in [4.69, 9.17) is 21.0 Å². The van der Waals surface area contributed by atoms with Gasteiger partial charge in [-0.15, -0.1) is 0 Å². The van der Waals surface area contributed by atoms with E-state index in [2.05, 4.69) is 87.3 Å². The zero-order chi connectivity index (χ0) is 26.2. The second-order valence-corrected chi connectivity index (χ2v) is 10.5.